The molecule has 0 radical (unpaired) electrons. The fraction of sp³-hybridized carbons (Fsp3) is 0.400. The van der Waals surface area contributed by atoms with Crippen LogP contribution in [0.15, 0.2) is 35.3 Å². The average Bonchev–Trinajstić information content (AvgIpc) is 2.31. The van der Waals surface area contributed by atoms with Crippen LogP contribution in [0.25, 0.3) is 0 Å². The third-order valence-corrected chi connectivity index (χ3v) is 2.86. The van der Waals surface area contributed by atoms with Crippen molar-refractivity contribution in [1.82, 2.24) is 4.90 Å². The summed E-state index contributed by atoms with van der Waals surface area (Å²) in [5.41, 5.74) is -0.168. The van der Waals surface area contributed by atoms with E-state index < -0.39 is 11.7 Å². The van der Waals surface area contributed by atoms with Gasteiger partial charge in [0.1, 0.15) is 11.4 Å². The minimum atomic E-state index is -0.591. The van der Waals surface area contributed by atoms with E-state index in [1.165, 1.54) is 11.0 Å². The smallest absolute Gasteiger partial charge is 0.410 e. The molecule has 0 aromatic heterocycles. The lowest BCUT2D eigenvalue weighted by Crippen LogP contribution is -2.36. The molecule has 1 aromatic rings. The summed E-state index contributed by atoms with van der Waals surface area (Å²) >= 11 is 3.29. The molecule has 1 amide bonds. The molecule has 0 saturated carbocycles. The van der Waals surface area contributed by atoms with Crippen LogP contribution in [-0.2, 0) is 11.3 Å². The monoisotopic (exact) mass is 343 g/mol. The van der Waals surface area contributed by atoms with Gasteiger partial charge >= 0.3 is 6.09 Å². The second-order valence-corrected chi connectivity index (χ2v) is 6.30. The minimum absolute atomic E-state index is 0.131. The molecule has 5 heteroatoms. The van der Waals surface area contributed by atoms with Crippen LogP contribution in [0.3, 0.4) is 0 Å². The van der Waals surface area contributed by atoms with Crippen LogP contribution in [0, 0.1) is 5.82 Å². The van der Waals surface area contributed by atoms with Crippen LogP contribution in [0.5, 0.6) is 0 Å². The van der Waals surface area contributed by atoms with Crippen molar-refractivity contribution in [1.29, 1.82) is 0 Å². The van der Waals surface area contributed by atoms with Gasteiger partial charge in [0.05, 0.1) is 6.54 Å². The van der Waals surface area contributed by atoms with Crippen LogP contribution < -0.4 is 0 Å². The molecule has 0 bridgehead atoms. The van der Waals surface area contributed by atoms with Gasteiger partial charge in [-0.1, -0.05) is 22.0 Å². The summed E-state index contributed by atoms with van der Waals surface area (Å²) in [5, 5.41) is 0. The number of rotatable bonds is 4. The van der Waals surface area contributed by atoms with Gasteiger partial charge in [-0.05, 0) is 39.0 Å². The number of carbonyl (C=O) groups excluding carboxylic acids is 1. The van der Waals surface area contributed by atoms with Crippen molar-refractivity contribution >= 4 is 22.0 Å². The van der Waals surface area contributed by atoms with Crippen molar-refractivity contribution in [3.63, 3.8) is 0 Å². The highest BCUT2D eigenvalue weighted by atomic mass is 79.9. The van der Waals surface area contributed by atoms with Crippen molar-refractivity contribution < 1.29 is 13.9 Å². The Bertz CT molecular complexity index is 497. The number of benzene rings is 1. The van der Waals surface area contributed by atoms with Crippen LogP contribution in [0.4, 0.5) is 9.18 Å². The van der Waals surface area contributed by atoms with E-state index in [0.717, 1.165) is 4.47 Å². The molecule has 1 rings (SSSR count). The van der Waals surface area contributed by atoms with Gasteiger partial charge in [0, 0.05) is 16.6 Å². The van der Waals surface area contributed by atoms with Crippen molar-refractivity contribution in [3.05, 3.63) is 46.7 Å². The van der Waals surface area contributed by atoms with Gasteiger partial charge in [0.25, 0.3) is 0 Å². The third kappa shape index (κ3) is 5.33. The molecular formula is C15H19BrFNO2. The molecule has 0 saturated heterocycles. The van der Waals surface area contributed by atoms with Crippen LogP contribution in [0.2, 0.25) is 0 Å². The zero-order chi connectivity index (χ0) is 15.3. The minimum Gasteiger partial charge on any atom is -0.444 e. The van der Waals surface area contributed by atoms with Crippen LogP contribution in [0.1, 0.15) is 26.3 Å². The first-order valence-corrected chi connectivity index (χ1v) is 7.05. The molecular weight excluding hydrogens is 325 g/mol. The Morgan fingerprint density at radius 1 is 1.50 bits per heavy atom. The van der Waals surface area contributed by atoms with Crippen molar-refractivity contribution in [2.75, 3.05) is 6.54 Å². The van der Waals surface area contributed by atoms with E-state index in [1.54, 1.807) is 39.0 Å². The lowest BCUT2D eigenvalue weighted by molar-refractivity contribution is 0.0255. The topological polar surface area (TPSA) is 29.5 Å². The largest absolute Gasteiger partial charge is 0.444 e. The standard InChI is InChI=1S/C15H19BrFNO2/c1-5-8-18(14(19)20-15(2,3)4)10-11-9-12(16)6-7-13(11)17/h5-7,9H,1,8,10H2,2-4H3. The Morgan fingerprint density at radius 2 is 2.15 bits per heavy atom. The normalized spacial score (nSPS) is 11.1. The molecule has 0 spiro atoms. The molecule has 1 aromatic carbocycles. The molecule has 0 unspecified atom stereocenters. The maximum absolute atomic E-state index is 13.7. The lowest BCUT2D eigenvalue weighted by Gasteiger charge is -2.26. The molecule has 0 aliphatic carbocycles. The first-order chi connectivity index (χ1) is 9.23. The second-order valence-electron chi connectivity index (χ2n) is 5.39. The Labute approximate surface area is 127 Å². The third-order valence-electron chi connectivity index (χ3n) is 2.37. The van der Waals surface area contributed by atoms with Gasteiger partial charge in [-0.2, -0.15) is 0 Å². The summed E-state index contributed by atoms with van der Waals surface area (Å²) in [7, 11) is 0. The molecule has 20 heavy (non-hydrogen) atoms. The summed E-state index contributed by atoms with van der Waals surface area (Å²) in [6.45, 7) is 9.40. The van der Waals surface area contributed by atoms with E-state index in [1.807, 2.05) is 0 Å². The van der Waals surface area contributed by atoms with Gasteiger partial charge in [-0.3, -0.25) is 0 Å². The lowest BCUT2D eigenvalue weighted by atomic mass is 10.2. The number of hydrogen-bond donors (Lipinski definition) is 0. The number of ether oxygens (including phenoxy) is 1. The van der Waals surface area contributed by atoms with Crippen LogP contribution >= 0.6 is 15.9 Å². The molecule has 0 heterocycles. The molecule has 0 aliphatic rings. The Balaban J connectivity index is 2.89. The quantitative estimate of drug-likeness (QED) is 0.752. The molecule has 110 valence electrons. The summed E-state index contributed by atoms with van der Waals surface area (Å²) in [6, 6.07) is 4.63. The van der Waals surface area contributed by atoms with E-state index in [9.17, 15) is 9.18 Å². The number of carbonyl (C=O) groups is 1. The predicted molar refractivity (Wildman–Crippen MR) is 80.9 cm³/mol. The summed E-state index contributed by atoms with van der Waals surface area (Å²) in [4.78, 5) is 13.5. The molecule has 0 fully saturated rings. The van der Waals surface area contributed by atoms with Gasteiger partial charge in [-0.15, -0.1) is 6.58 Å². The molecule has 3 nitrogen and oxygen atoms in total. The first-order valence-electron chi connectivity index (χ1n) is 6.25. The molecule has 0 aliphatic heterocycles. The maximum atomic E-state index is 13.7. The highest BCUT2D eigenvalue weighted by Crippen LogP contribution is 2.18. The van der Waals surface area contributed by atoms with E-state index in [4.69, 9.17) is 4.74 Å². The number of halogens is 2. The maximum Gasteiger partial charge on any atom is 0.410 e. The fourth-order valence-corrected chi connectivity index (χ4v) is 1.96. The SMILES string of the molecule is C=CCN(Cc1cc(Br)ccc1F)C(=O)OC(C)(C)C. The summed E-state index contributed by atoms with van der Waals surface area (Å²) in [6.07, 6.45) is 1.09. The number of nitrogens with zero attached hydrogens (tertiary/aromatic N) is 1. The Morgan fingerprint density at radius 3 is 2.70 bits per heavy atom. The van der Waals surface area contributed by atoms with E-state index in [0.29, 0.717) is 12.1 Å². The molecule has 0 N–H and O–H groups in total. The van der Waals surface area contributed by atoms with Gasteiger partial charge in [0.15, 0.2) is 0 Å². The highest BCUT2D eigenvalue weighted by Gasteiger charge is 2.22. The fourth-order valence-electron chi connectivity index (χ4n) is 1.56. The summed E-state index contributed by atoms with van der Waals surface area (Å²) < 4.78 is 19.8. The first kappa shape index (κ1) is 16.7. The summed E-state index contributed by atoms with van der Waals surface area (Å²) in [5.74, 6) is -0.356. The van der Waals surface area contributed by atoms with Crippen molar-refractivity contribution in [2.24, 2.45) is 0 Å². The Kier molecular flexibility index (Phi) is 5.74. The van der Waals surface area contributed by atoms with E-state index >= 15 is 0 Å². The predicted octanol–water partition coefficient (Wildman–Crippen LogP) is 4.51. The second kappa shape index (κ2) is 6.88. The zero-order valence-corrected chi connectivity index (χ0v) is 13.5. The van der Waals surface area contributed by atoms with E-state index in [2.05, 4.69) is 22.5 Å². The van der Waals surface area contributed by atoms with Gasteiger partial charge in [-0.25, -0.2) is 9.18 Å². The van der Waals surface area contributed by atoms with E-state index in [-0.39, 0.29) is 12.4 Å². The average molecular weight is 344 g/mol. The van der Waals surface area contributed by atoms with Gasteiger partial charge < -0.3 is 9.64 Å². The van der Waals surface area contributed by atoms with Gasteiger partial charge in [0.2, 0.25) is 0 Å². The molecule has 0 atom stereocenters. The number of hydrogen-bond acceptors (Lipinski definition) is 2. The highest BCUT2D eigenvalue weighted by molar-refractivity contribution is 9.10. The van der Waals surface area contributed by atoms with Crippen molar-refractivity contribution in [3.8, 4) is 0 Å². The zero-order valence-electron chi connectivity index (χ0n) is 12.0. The Hall–Kier alpha value is -1.36. The number of amides is 1. The van der Waals surface area contributed by atoms with Crippen molar-refractivity contribution in [2.45, 2.75) is 32.9 Å². The van der Waals surface area contributed by atoms with Crippen LogP contribution in [-0.4, -0.2) is 23.1 Å².